The second-order valence-corrected chi connectivity index (χ2v) is 7.73. The van der Waals surface area contributed by atoms with Gasteiger partial charge in [0.1, 0.15) is 10.7 Å². The van der Waals surface area contributed by atoms with Crippen molar-refractivity contribution >= 4 is 53.4 Å². The summed E-state index contributed by atoms with van der Waals surface area (Å²) in [6, 6.07) is 6.78. The quantitative estimate of drug-likeness (QED) is 0.768. The van der Waals surface area contributed by atoms with Crippen LogP contribution in [0, 0.1) is 6.92 Å². The average molecular weight is 435 g/mol. The van der Waals surface area contributed by atoms with Crippen molar-refractivity contribution in [3.8, 4) is 0 Å². The van der Waals surface area contributed by atoms with Gasteiger partial charge in [0.2, 0.25) is 0 Å². The van der Waals surface area contributed by atoms with Crippen LogP contribution in [0.3, 0.4) is 0 Å². The molecule has 0 unspecified atom stereocenters. The normalized spacial score (nSPS) is 11.2. The van der Waals surface area contributed by atoms with Gasteiger partial charge in [0.15, 0.2) is 0 Å². The summed E-state index contributed by atoms with van der Waals surface area (Å²) < 4.78 is 28.6. The Morgan fingerprint density at radius 3 is 2.24 bits per heavy atom. The number of halogens is 2. The van der Waals surface area contributed by atoms with Crippen LogP contribution in [0.2, 0.25) is 0 Å². The number of anilines is 2. The van der Waals surface area contributed by atoms with Crippen molar-refractivity contribution in [1.29, 1.82) is 0 Å². The van der Waals surface area contributed by atoms with E-state index in [-0.39, 0.29) is 4.90 Å². The van der Waals surface area contributed by atoms with Crippen molar-refractivity contribution in [3.63, 3.8) is 0 Å². The molecule has 2 aromatic rings. The molecule has 0 aliphatic rings. The molecule has 0 saturated carbocycles. The Labute approximate surface area is 140 Å². The molecule has 1 aromatic carbocycles. The number of hydrogen-bond acceptors (Lipinski definition) is 4. The molecule has 0 radical (unpaired) electrons. The number of nitrogens with zero attached hydrogens (tertiary/aromatic N) is 1. The first-order valence-corrected chi connectivity index (χ1v) is 9.02. The van der Waals surface area contributed by atoms with Crippen molar-refractivity contribution in [2.24, 2.45) is 0 Å². The number of hydrogen-bond donors (Lipinski definition) is 2. The van der Waals surface area contributed by atoms with Crippen LogP contribution >= 0.6 is 31.9 Å². The Kier molecular flexibility index (Phi) is 4.90. The molecule has 0 spiro atoms. The Morgan fingerprint density at radius 1 is 1.14 bits per heavy atom. The minimum absolute atomic E-state index is 0.0980. The monoisotopic (exact) mass is 433 g/mol. The molecular formula is C13H13Br2N3O2S. The summed E-state index contributed by atoms with van der Waals surface area (Å²) in [7, 11) is -1.98. The summed E-state index contributed by atoms with van der Waals surface area (Å²) >= 11 is 6.73. The van der Waals surface area contributed by atoms with E-state index in [0.717, 1.165) is 5.56 Å². The van der Waals surface area contributed by atoms with Gasteiger partial charge in [0.25, 0.3) is 10.0 Å². The highest BCUT2D eigenvalue weighted by molar-refractivity contribution is 9.11. The van der Waals surface area contributed by atoms with E-state index in [1.165, 1.54) is 12.3 Å². The highest BCUT2D eigenvalue weighted by Crippen LogP contribution is 2.33. The zero-order valence-electron chi connectivity index (χ0n) is 11.3. The summed E-state index contributed by atoms with van der Waals surface area (Å²) in [5.74, 6) is 0.603. The Bertz CT molecular complexity index is 738. The second-order valence-electron chi connectivity index (χ2n) is 4.34. The van der Waals surface area contributed by atoms with Crippen LogP contribution in [0.15, 0.2) is 44.3 Å². The zero-order valence-corrected chi connectivity index (χ0v) is 15.3. The molecule has 0 atom stereocenters. The van der Waals surface area contributed by atoms with Gasteiger partial charge in [-0.05, 0) is 68.6 Å². The van der Waals surface area contributed by atoms with Gasteiger partial charge in [-0.25, -0.2) is 13.4 Å². The molecular weight excluding hydrogens is 422 g/mol. The van der Waals surface area contributed by atoms with Crippen LogP contribution in [0.5, 0.6) is 0 Å². The lowest BCUT2D eigenvalue weighted by atomic mass is 10.2. The van der Waals surface area contributed by atoms with Crippen LogP contribution in [0.4, 0.5) is 11.5 Å². The van der Waals surface area contributed by atoms with E-state index >= 15 is 0 Å². The number of benzene rings is 1. The predicted octanol–water partition coefficient (Wildman–Crippen LogP) is 3.76. The topological polar surface area (TPSA) is 71.1 Å². The van der Waals surface area contributed by atoms with Crippen molar-refractivity contribution in [2.45, 2.75) is 11.8 Å². The van der Waals surface area contributed by atoms with Crippen molar-refractivity contribution in [3.05, 3.63) is 45.0 Å². The van der Waals surface area contributed by atoms with Gasteiger partial charge in [-0.1, -0.05) is 0 Å². The first-order valence-electron chi connectivity index (χ1n) is 5.96. The fourth-order valence-corrected chi connectivity index (χ4v) is 4.60. The number of nitrogens with one attached hydrogen (secondary N) is 2. The molecule has 2 N–H and O–H groups in total. The number of aryl methyl sites for hydroxylation is 1. The van der Waals surface area contributed by atoms with Gasteiger partial charge in [0, 0.05) is 22.2 Å². The third-order valence-electron chi connectivity index (χ3n) is 2.73. The Balaban J connectivity index is 2.37. The van der Waals surface area contributed by atoms with Gasteiger partial charge in [-0.15, -0.1) is 0 Å². The molecule has 1 heterocycles. The lowest BCUT2D eigenvalue weighted by molar-refractivity contribution is 0.601. The molecule has 21 heavy (non-hydrogen) atoms. The summed E-state index contributed by atoms with van der Waals surface area (Å²) in [6.07, 6.45) is 1.31. The minimum Gasteiger partial charge on any atom is -0.373 e. The highest BCUT2D eigenvalue weighted by Gasteiger charge is 2.18. The van der Waals surface area contributed by atoms with E-state index in [9.17, 15) is 8.42 Å². The third-order valence-corrected chi connectivity index (χ3v) is 5.31. The Hall–Kier alpha value is -1.12. The van der Waals surface area contributed by atoms with Gasteiger partial charge in [0.05, 0.1) is 5.69 Å². The third kappa shape index (κ3) is 3.75. The second kappa shape index (κ2) is 6.33. The summed E-state index contributed by atoms with van der Waals surface area (Å²) in [6.45, 7) is 1.92. The number of rotatable bonds is 4. The molecule has 0 fully saturated rings. The fraction of sp³-hybridized carbons (Fsp3) is 0.154. The van der Waals surface area contributed by atoms with Crippen molar-refractivity contribution < 1.29 is 8.42 Å². The molecule has 0 amide bonds. The first kappa shape index (κ1) is 16.3. The maximum Gasteiger partial charge on any atom is 0.263 e. The summed E-state index contributed by atoms with van der Waals surface area (Å²) in [5, 5.41) is 2.84. The maximum absolute atomic E-state index is 12.4. The van der Waals surface area contributed by atoms with Gasteiger partial charge in [-0.3, -0.25) is 4.72 Å². The molecule has 1 aromatic heterocycles. The summed E-state index contributed by atoms with van der Waals surface area (Å²) in [5.41, 5.74) is 1.47. The van der Waals surface area contributed by atoms with Crippen LogP contribution in [0.1, 0.15) is 5.56 Å². The molecule has 0 saturated heterocycles. The minimum atomic E-state index is -3.70. The van der Waals surface area contributed by atoms with Gasteiger partial charge < -0.3 is 5.32 Å². The number of aromatic nitrogens is 1. The molecule has 8 heteroatoms. The molecule has 0 aliphatic heterocycles. The summed E-state index contributed by atoms with van der Waals surface area (Å²) in [4.78, 5) is 4.11. The van der Waals surface area contributed by atoms with Crippen LogP contribution in [0.25, 0.3) is 0 Å². The van der Waals surface area contributed by atoms with Gasteiger partial charge >= 0.3 is 0 Å². The van der Waals surface area contributed by atoms with Crippen molar-refractivity contribution in [2.75, 3.05) is 17.1 Å². The van der Waals surface area contributed by atoms with Crippen LogP contribution in [-0.2, 0) is 10.0 Å². The Morgan fingerprint density at radius 2 is 1.76 bits per heavy atom. The molecule has 0 aliphatic carbocycles. The molecule has 5 nitrogen and oxygen atoms in total. The van der Waals surface area contributed by atoms with E-state index in [1.54, 1.807) is 13.1 Å². The lowest BCUT2D eigenvalue weighted by Crippen LogP contribution is -2.14. The number of sulfonamides is 1. The largest absolute Gasteiger partial charge is 0.373 e. The van der Waals surface area contributed by atoms with Crippen LogP contribution in [-0.4, -0.2) is 20.4 Å². The lowest BCUT2D eigenvalue weighted by Gasteiger charge is -2.12. The first-order chi connectivity index (χ1) is 9.83. The van der Waals surface area contributed by atoms with E-state index in [0.29, 0.717) is 20.5 Å². The fourth-order valence-electron chi connectivity index (χ4n) is 1.68. The van der Waals surface area contributed by atoms with E-state index < -0.39 is 10.0 Å². The van der Waals surface area contributed by atoms with Crippen LogP contribution < -0.4 is 10.0 Å². The molecule has 2 rings (SSSR count). The smallest absolute Gasteiger partial charge is 0.263 e. The van der Waals surface area contributed by atoms with E-state index in [1.807, 2.05) is 19.1 Å². The molecule has 112 valence electrons. The van der Waals surface area contributed by atoms with E-state index in [4.69, 9.17) is 0 Å². The average Bonchev–Trinajstić information content (AvgIpc) is 2.43. The number of pyridine rings is 1. The standard InChI is InChI=1S/C13H13Br2N3O2S/c1-8-5-10(14)13(11(15)6-8)18-21(19,20)9-3-4-12(16-2)17-7-9/h3-7,18H,1-2H3,(H,16,17). The van der Waals surface area contributed by atoms with E-state index in [2.05, 4.69) is 46.9 Å². The predicted molar refractivity (Wildman–Crippen MR) is 91.2 cm³/mol. The zero-order chi connectivity index (χ0) is 15.6. The highest BCUT2D eigenvalue weighted by atomic mass is 79.9. The SMILES string of the molecule is CNc1ccc(S(=O)(=O)Nc2c(Br)cc(C)cc2Br)cn1. The van der Waals surface area contributed by atoms with Gasteiger partial charge in [-0.2, -0.15) is 0 Å². The van der Waals surface area contributed by atoms with Crippen molar-refractivity contribution in [1.82, 2.24) is 4.98 Å². The molecule has 0 bridgehead atoms. The maximum atomic E-state index is 12.4.